The average Bonchev–Trinajstić information content (AvgIpc) is 3.57. The van der Waals surface area contributed by atoms with Gasteiger partial charge in [-0.2, -0.15) is 4.98 Å². The molecule has 1 fully saturated rings. The third kappa shape index (κ3) is 5.52. The van der Waals surface area contributed by atoms with E-state index < -0.39 is 6.03 Å². The number of amides is 2. The van der Waals surface area contributed by atoms with Gasteiger partial charge in [-0.05, 0) is 67.1 Å². The second-order valence-electron chi connectivity index (χ2n) is 9.32. The van der Waals surface area contributed by atoms with Gasteiger partial charge in [0, 0.05) is 56.0 Å². The summed E-state index contributed by atoms with van der Waals surface area (Å²) in [5, 5.41) is 10.1. The number of rotatable bonds is 6. The number of anilines is 5. The van der Waals surface area contributed by atoms with Crippen molar-refractivity contribution in [2.45, 2.75) is 6.42 Å². The van der Waals surface area contributed by atoms with Gasteiger partial charge in [-0.15, -0.1) is 9.78 Å². The van der Waals surface area contributed by atoms with Crippen LogP contribution in [0.25, 0.3) is 5.57 Å². The van der Waals surface area contributed by atoms with Gasteiger partial charge in [0.15, 0.2) is 0 Å². The molecule has 2 aliphatic heterocycles. The van der Waals surface area contributed by atoms with E-state index in [0.29, 0.717) is 12.2 Å². The Kier molecular flexibility index (Phi) is 7.09. The molecule has 3 heterocycles. The van der Waals surface area contributed by atoms with E-state index in [1.807, 2.05) is 30.5 Å². The maximum absolute atomic E-state index is 12.8. The third-order valence-corrected chi connectivity index (χ3v) is 6.71. The molecule has 2 aromatic carbocycles. The number of piperazine rings is 1. The molecule has 3 aromatic rings. The molecule has 0 saturated carbocycles. The molecule has 4 N–H and O–H groups in total. The topological polar surface area (TPSA) is 125 Å². The van der Waals surface area contributed by atoms with Crippen molar-refractivity contribution in [3.05, 3.63) is 72.9 Å². The highest BCUT2D eigenvalue weighted by Gasteiger charge is 2.19. The quantitative estimate of drug-likeness (QED) is 0.429. The first-order valence-electron chi connectivity index (χ1n) is 12.5. The van der Waals surface area contributed by atoms with E-state index in [2.05, 4.69) is 56.3 Å². The van der Waals surface area contributed by atoms with Crippen molar-refractivity contribution in [1.29, 1.82) is 0 Å². The second-order valence-corrected chi connectivity index (χ2v) is 9.32. The Labute approximate surface area is 221 Å². The Bertz CT molecular complexity index is 1350. The van der Waals surface area contributed by atoms with Crippen LogP contribution in [0.4, 0.5) is 33.8 Å². The molecular weight excluding hydrogens is 482 g/mol. The zero-order valence-electron chi connectivity index (χ0n) is 21.3. The van der Waals surface area contributed by atoms with Gasteiger partial charge < -0.3 is 31.1 Å². The lowest BCUT2D eigenvalue weighted by Gasteiger charge is -2.34. The highest BCUT2D eigenvalue weighted by molar-refractivity contribution is 5.92. The van der Waals surface area contributed by atoms with Crippen LogP contribution in [0.3, 0.4) is 0 Å². The monoisotopic (exact) mass is 513 g/mol. The molecular formula is C27H31N9O2. The van der Waals surface area contributed by atoms with Crippen LogP contribution in [0, 0.1) is 0 Å². The smallest absolute Gasteiger partial charge is 0.349 e. The van der Waals surface area contributed by atoms with E-state index in [9.17, 15) is 9.59 Å². The van der Waals surface area contributed by atoms with Gasteiger partial charge in [-0.3, -0.25) is 4.79 Å². The first-order valence-corrected chi connectivity index (χ1v) is 12.5. The Balaban J connectivity index is 1.19. The molecule has 38 heavy (non-hydrogen) atoms. The average molecular weight is 514 g/mol. The summed E-state index contributed by atoms with van der Waals surface area (Å²) in [6.07, 6.45) is 3.90. The minimum absolute atomic E-state index is 0.0289. The number of nitrogens with one attached hydrogen (secondary N) is 2. The van der Waals surface area contributed by atoms with Gasteiger partial charge in [0.1, 0.15) is 0 Å². The lowest BCUT2D eigenvalue weighted by molar-refractivity contribution is -0.123. The van der Waals surface area contributed by atoms with Crippen molar-refractivity contribution in [2.24, 2.45) is 0 Å². The van der Waals surface area contributed by atoms with Crippen LogP contribution in [0.1, 0.15) is 12.0 Å². The summed E-state index contributed by atoms with van der Waals surface area (Å²) in [6, 6.07) is 14.9. The highest BCUT2D eigenvalue weighted by Crippen LogP contribution is 2.26. The van der Waals surface area contributed by atoms with Gasteiger partial charge in [0.25, 0.3) is 0 Å². The number of hydrogen-bond acceptors (Lipinski definition) is 8. The third-order valence-electron chi connectivity index (χ3n) is 6.71. The van der Waals surface area contributed by atoms with Crippen molar-refractivity contribution >= 4 is 46.5 Å². The fourth-order valence-corrected chi connectivity index (χ4v) is 4.49. The van der Waals surface area contributed by atoms with Crippen LogP contribution in [0.5, 0.6) is 0 Å². The van der Waals surface area contributed by atoms with Gasteiger partial charge in [-0.1, -0.05) is 18.7 Å². The number of aromatic nitrogens is 3. The van der Waals surface area contributed by atoms with Gasteiger partial charge in [0.2, 0.25) is 17.8 Å². The summed E-state index contributed by atoms with van der Waals surface area (Å²) in [7, 11) is 2.14. The zero-order valence-corrected chi connectivity index (χ0v) is 21.3. The maximum Gasteiger partial charge on any atom is 0.349 e. The molecule has 0 radical (unpaired) electrons. The lowest BCUT2D eigenvalue weighted by Crippen LogP contribution is -2.44. The SMILES string of the molecule is C=CC(=O)N1C=C(c2ccc(NC(=O)n3nc(Nc4ccc(N5CCN(C)CC5)cc4)nc3N)cc2)CC1. The van der Waals surface area contributed by atoms with Crippen molar-refractivity contribution in [3.8, 4) is 0 Å². The summed E-state index contributed by atoms with van der Waals surface area (Å²) in [5.74, 6) is 0.0803. The normalized spacial score (nSPS) is 15.8. The number of nitrogens with two attached hydrogens (primary N) is 1. The molecule has 0 aliphatic carbocycles. The van der Waals surface area contributed by atoms with E-state index in [4.69, 9.17) is 5.73 Å². The van der Waals surface area contributed by atoms with Crippen molar-refractivity contribution in [3.63, 3.8) is 0 Å². The molecule has 0 unspecified atom stereocenters. The van der Waals surface area contributed by atoms with Crippen LogP contribution in [0.2, 0.25) is 0 Å². The van der Waals surface area contributed by atoms with E-state index in [-0.39, 0.29) is 17.8 Å². The Morgan fingerprint density at radius 1 is 0.974 bits per heavy atom. The molecule has 0 spiro atoms. The van der Waals surface area contributed by atoms with E-state index in [0.717, 1.165) is 54.1 Å². The molecule has 11 nitrogen and oxygen atoms in total. The first kappa shape index (κ1) is 25.0. The largest absolute Gasteiger partial charge is 0.369 e. The van der Waals surface area contributed by atoms with Crippen molar-refractivity contribution in [1.82, 2.24) is 24.6 Å². The Morgan fingerprint density at radius 2 is 1.66 bits per heavy atom. The number of nitrogen functional groups attached to an aromatic ring is 1. The van der Waals surface area contributed by atoms with E-state index in [1.54, 1.807) is 17.0 Å². The van der Waals surface area contributed by atoms with Gasteiger partial charge in [0.05, 0.1) is 0 Å². The number of nitrogens with zero attached hydrogens (tertiary/aromatic N) is 6. The molecule has 2 amide bonds. The molecule has 0 bridgehead atoms. The fourth-order valence-electron chi connectivity index (χ4n) is 4.49. The Hall–Kier alpha value is -4.64. The van der Waals surface area contributed by atoms with Crippen LogP contribution in [-0.4, -0.2) is 76.3 Å². The van der Waals surface area contributed by atoms with Crippen LogP contribution < -0.4 is 21.3 Å². The summed E-state index contributed by atoms with van der Waals surface area (Å²) < 4.78 is 1.02. The molecule has 11 heteroatoms. The summed E-state index contributed by atoms with van der Waals surface area (Å²) in [4.78, 5) is 35.1. The number of benzene rings is 2. The summed E-state index contributed by atoms with van der Waals surface area (Å²) in [6.45, 7) is 8.24. The van der Waals surface area contributed by atoms with Crippen LogP contribution in [0.15, 0.2) is 67.4 Å². The second kappa shape index (κ2) is 10.8. The van der Waals surface area contributed by atoms with Crippen molar-refractivity contribution < 1.29 is 9.59 Å². The van der Waals surface area contributed by atoms with Crippen LogP contribution >= 0.6 is 0 Å². The molecule has 1 saturated heterocycles. The lowest BCUT2D eigenvalue weighted by atomic mass is 10.1. The minimum Gasteiger partial charge on any atom is -0.369 e. The number of hydrogen-bond donors (Lipinski definition) is 3. The number of carbonyl (C=O) groups is 2. The van der Waals surface area contributed by atoms with Gasteiger partial charge in [-0.25, -0.2) is 4.79 Å². The predicted molar refractivity (Wildman–Crippen MR) is 149 cm³/mol. The number of carbonyl (C=O) groups excluding carboxylic acids is 2. The minimum atomic E-state index is -0.524. The fraction of sp³-hybridized carbons (Fsp3) is 0.259. The van der Waals surface area contributed by atoms with Gasteiger partial charge >= 0.3 is 6.03 Å². The highest BCUT2D eigenvalue weighted by atomic mass is 16.2. The predicted octanol–water partition coefficient (Wildman–Crippen LogP) is 3.20. The standard InChI is InChI=1S/C27H31N9O2/c1-3-24(37)35-13-12-20(18-35)19-4-6-22(7-5-19)30-27(38)36-25(28)31-26(32-36)29-21-8-10-23(11-9-21)34-16-14-33(2)15-17-34/h3-11,18H,1,12-17H2,2H3,(H,30,38)(H3,28,29,31,32). The molecule has 5 rings (SSSR count). The summed E-state index contributed by atoms with van der Waals surface area (Å²) >= 11 is 0. The van der Waals surface area contributed by atoms with Crippen LogP contribution in [-0.2, 0) is 4.79 Å². The van der Waals surface area contributed by atoms with E-state index in [1.165, 1.54) is 11.8 Å². The summed E-state index contributed by atoms with van der Waals surface area (Å²) in [5.41, 5.74) is 10.5. The number of likely N-dealkylation sites (N-methyl/N-ethyl adjacent to an activating group) is 1. The Morgan fingerprint density at radius 3 is 2.34 bits per heavy atom. The first-order chi connectivity index (χ1) is 18.4. The molecule has 1 aromatic heterocycles. The molecule has 2 aliphatic rings. The van der Waals surface area contributed by atoms with E-state index >= 15 is 0 Å². The molecule has 196 valence electrons. The van der Waals surface area contributed by atoms with Crippen molar-refractivity contribution in [2.75, 3.05) is 61.0 Å². The maximum atomic E-state index is 12.8. The molecule has 0 atom stereocenters. The zero-order chi connectivity index (χ0) is 26.6.